The molecule has 1 aromatic heterocycles. The van der Waals surface area contributed by atoms with Gasteiger partial charge in [0.25, 0.3) is 0 Å². The van der Waals surface area contributed by atoms with E-state index in [9.17, 15) is 0 Å². The van der Waals surface area contributed by atoms with Crippen LogP contribution in [0.15, 0.2) is 39.9 Å². The van der Waals surface area contributed by atoms with Crippen molar-refractivity contribution in [1.82, 2.24) is 20.5 Å². The van der Waals surface area contributed by atoms with Crippen molar-refractivity contribution >= 4 is 11.6 Å². The molecule has 0 amide bonds. The van der Waals surface area contributed by atoms with Crippen molar-refractivity contribution in [3.05, 3.63) is 47.7 Å². The highest BCUT2D eigenvalue weighted by Gasteiger charge is 2.19. The highest BCUT2D eigenvalue weighted by atomic mass is 16.4. The Morgan fingerprint density at radius 1 is 1.16 bits per heavy atom. The van der Waals surface area contributed by atoms with E-state index in [1.54, 1.807) is 0 Å². The van der Waals surface area contributed by atoms with Crippen LogP contribution in [-0.2, 0) is 12.0 Å². The van der Waals surface area contributed by atoms with Crippen LogP contribution in [0.3, 0.4) is 0 Å². The van der Waals surface area contributed by atoms with Gasteiger partial charge in [-0.05, 0) is 44.5 Å². The zero-order valence-electron chi connectivity index (χ0n) is 20.4. The van der Waals surface area contributed by atoms with Gasteiger partial charge in [-0.25, -0.2) is 9.98 Å². The summed E-state index contributed by atoms with van der Waals surface area (Å²) in [5.74, 6) is 2.36. The Balaban J connectivity index is 1.38. The van der Waals surface area contributed by atoms with Gasteiger partial charge in [0.05, 0.1) is 6.20 Å². The fourth-order valence-electron chi connectivity index (χ4n) is 3.78. The monoisotopic (exact) mass is 440 g/mol. The first-order valence-corrected chi connectivity index (χ1v) is 11.9. The molecule has 0 bridgehead atoms. The topological polar surface area (TPSA) is 68.9 Å². The average molecular weight is 441 g/mol. The van der Waals surface area contributed by atoms with Crippen LogP contribution >= 0.6 is 0 Å². The molecule has 32 heavy (non-hydrogen) atoms. The van der Waals surface area contributed by atoms with Gasteiger partial charge >= 0.3 is 0 Å². The van der Waals surface area contributed by atoms with Crippen molar-refractivity contribution in [2.24, 2.45) is 4.99 Å². The summed E-state index contributed by atoms with van der Waals surface area (Å²) in [7, 11) is 0. The van der Waals surface area contributed by atoms with Crippen LogP contribution in [-0.4, -0.2) is 61.7 Å². The van der Waals surface area contributed by atoms with Gasteiger partial charge in [0.2, 0.25) is 5.89 Å². The second-order valence-electron chi connectivity index (χ2n) is 9.51. The predicted molar refractivity (Wildman–Crippen MR) is 132 cm³/mol. The molecule has 2 heterocycles. The van der Waals surface area contributed by atoms with Gasteiger partial charge in [0.15, 0.2) is 5.96 Å². The second kappa shape index (κ2) is 11.4. The normalized spacial score (nSPS) is 15.8. The number of oxazole rings is 1. The summed E-state index contributed by atoms with van der Waals surface area (Å²) in [4.78, 5) is 14.0. The minimum Gasteiger partial charge on any atom is -0.443 e. The molecule has 0 spiro atoms. The number of aryl methyl sites for hydroxylation is 1. The molecule has 0 saturated carbocycles. The number of hydrogen-bond acceptors (Lipinski definition) is 5. The number of guanidine groups is 1. The Labute approximate surface area is 193 Å². The van der Waals surface area contributed by atoms with Gasteiger partial charge in [-0.1, -0.05) is 32.9 Å². The number of aromatic nitrogens is 1. The summed E-state index contributed by atoms with van der Waals surface area (Å²) >= 11 is 0. The Bertz CT molecular complexity index is 861. The average Bonchev–Trinajstić information content (AvgIpc) is 3.25. The number of piperazine rings is 1. The lowest BCUT2D eigenvalue weighted by Gasteiger charge is -2.36. The van der Waals surface area contributed by atoms with Crippen molar-refractivity contribution in [3.63, 3.8) is 0 Å². The highest BCUT2D eigenvalue weighted by Crippen LogP contribution is 2.22. The fourth-order valence-corrected chi connectivity index (χ4v) is 3.78. The summed E-state index contributed by atoms with van der Waals surface area (Å²) in [6.45, 7) is 18.3. The van der Waals surface area contributed by atoms with Crippen LogP contribution in [0.2, 0.25) is 0 Å². The Morgan fingerprint density at radius 2 is 1.94 bits per heavy atom. The molecule has 3 rings (SSSR count). The molecule has 7 nitrogen and oxygen atoms in total. The lowest BCUT2D eigenvalue weighted by atomic mass is 9.94. The minimum atomic E-state index is -0.0385. The molecule has 0 unspecified atom stereocenters. The number of aliphatic imine (C=N–C) groups is 1. The van der Waals surface area contributed by atoms with Crippen LogP contribution in [0.4, 0.5) is 5.69 Å². The summed E-state index contributed by atoms with van der Waals surface area (Å²) in [5.41, 5.74) is 2.63. The van der Waals surface area contributed by atoms with Crippen LogP contribution < -0.4 is 15.5 Å². The minimum absolute atomic E-state index is 0.0385. The predicted octanol–water partition coefficient (Wildman–Crippen LogP) is 3.55. The number of nitrogens with zero attached hydrogens (tertiary/aromatic N) is 4. The molecule has 1 aliphatic heterocycles. The van der Waals surface area contributed by atoms with Crippen LogP contribution in [0.25, 0.3) is 0 Å². The van der Waals surface area contributed by atoms with Crippen molar-refractivity contribution in [2.75, 3.05) is 50.7 Å². The SMILES string of the molecule is CCNC(=NCc1ncc(C(C)(C)C)o1)NCCCN1CCN(c2cccc(C)c2)CC1. The standard InChI is InChI=1S/C25H40N6O/c1-6-26-24(29-19-23-28-18-22(32-23)25(3,4)5)27-11-8-12-30-13-15-31(16-14-30)21-10-7-9-20(2)17-21/h7,9-10,17-18H,6,8,11-16,19H2,1-5H3,(H2,26,27,29). The van der Waals surface area contributed by atoms with Crippen LogP contribution in [0, 0.1) is 6.92 Å². The molecule has 1 fully saturated rings. The molecule has 1 aliphatic rings. The van der Waals surface area contributed by atoms with Gasteiger partial charge < -0.3 is 20.0 Å². The number of hydrogen-bond donors (Lipinski definition) is 2. The van der Waals surface area contributed by atoms with Gasteiger partial charge in [0.1, 0.15) is 12.3 Å². The maximum atomic E-state index is 5.84. The maximum Gasteiger partial charge on any atom is 0.216 e. The van der Waals surface area contributed by atoms with Crippen LogP contribution in [0.5, 0.6) is 0 Å². The van der Waals surface area contributed by atoms with Crippen LogP contribution in [0.1, 0.15) is 51.3 Å². The van der Waals surface area contributed by atoms with E-state index < -0.39 is 0 Å². The van der Waals surface area contributed by atoms with E-state index >= 15 is 0 Å². The first-order valence-electron chi connectivity index (χ1n) is 11.9. The third kappa shape index (κ3) is 7.26. The molecule has 0 atom stereocenters. The molecule has 2 N–H and O–H groups in total. The largest absolute Gasteiger partial charge is 0.443 e. The maximum absolute atomic E-state index is 5.84. The third-order valence-corrected chi connectivity index (χ3v) is 5.69. The molecular weight excluding hydrogens is 400 g/mol. The molecular formula is C25H40N6O. The van der Waals surface area contributed by atoms with Crippen molar-refractivity contribution in [1.29, 1.82) is 0 Å². The molecule has 1 aromatic carbocycles. The number of nitrogens with one attached hydrogen (secondary N) is 2. The third-order valence-electron chi connectivity index (χ3n) is 5.69. The molecule has 7 heteroatoms. The summed E-state index contributed by atoms with van der Waals surface area (Å²) < 4.78 is 5.84. The number of anilines is 1. The molecule has 2 aromatic rings. The Hall–Kier alpha value is -2.54. The first-order chi connectivity index (χ1) is 15.3. The van der Waals surface area contributed by atoms with E-state index in [0.717, 1.165) is 64.0 Å². The molecule has 0 aliphatic carbocycles. The quantitative estimate of drug-likeness (QED) is 0.372. The van der Waals surface area contributed by atoms with E-state index in [2.05, 4.69) is 89.3 Å². The molecule has 0 radical (unpaired) electrons. The van der Waals surface area contributed by atoms with E-state index in [-0.39, 0.29) is 5.41 Å². The zero-order valence-corrected chi connectivity index (χ0v) is 20.4. The molecule has 1 saturated heterocycles. The van der Waals surface area contributed by atoms with Gasteiger partial charge in [-0.2, -0.15) is 0 Å². The Morgan fingerprint density at radius 3 is 2.59 bits per heavy atom. The second-order valence-corrected chi connectivity index (χ2v) is 9.51. The van der Waals surface area contributed by atoms with Gasteiger partial charge in [-0.3, -0.25) is 4.90 Å². The van der Waals surface area contributed by atoms with Crippen molar-refractivity contribution < 1.29 is 4.42 Å². The summed E-state index contributed by atoms with van der Waals surface area (Å²) in [6.07, 6.45) is 2.89. The molecule has 176 valence electrons. The van der Waals surface area contributed by atoms with Crippen molar-refractivity contribution in [2.45, 2.75) is 53.0 Å². The van der Waals surface area contributed by atoms with Crippen molar-refractivity contribution in [3.8, 4) is 0 Å². The van der Waals surface area contributed by atoms with E-state index in [0.29, 0.717) is 12.4 Å². The smallest absolute Gasteiger partial charge is 0.216 e. The zero-order chi connectivity index (χ0) is 23.0. The van der Waals surface area contributed by atoms with E-state index in [1.807, 2.05) is 6.20 Å². The first kappa shape index (κ1) is 24.1. The van der Waals surface area contributed by atoms with Gasteiger partial charge in [-0.15, -0.1) is 0 Å². The lowest BCUT2D eigenvalue weighted by molar-refractivity contribution is 0.255. The Kier molecular flexibility index (Phi) is 8.56. The number of benzene rings is 1. The highest BCUT2D eigenvalue weighted by molar-refractivity contribution is 5.79. The lowest BCUT2D eigenvalue weighted by Crippen LogP contribution is -2.47. The van der Waals surface area contributed by atoms with Gasteiger partial charge in [0, 0.05) is 50.4 Å². The van der Waals surface area contributed by atoms with E-state index in [1.165, 1.54) is 11.3 Å². The summed E-state index contributed by atoms with van der Waals surface area (Å²) in [6, 6.07) is 8.81. The summed E-state index contributed by atoms with van der Waals surface area (Å²) in [5, 5.41) is 6.75. The number of rotatable bonds is 8. The van der Waals surface area contributed by atoms with E-state index in [4.69, 9.17) is 4.42 Å². The fraction of sp³-hybridized carbons (Fsp3) is 0.600.